The van der Waals surface area contributed by atoms with Crippen molar-refractivity contribution in [1.82, 2.24) is 4.90 Å². The molecule has 0 bridgehead atoms. The van der Waals surface area contributed by atoms with Gasteiger partial charge in [0.25, 0.3) is 0 Å². The monoisotopic (exact) mass is 191 g/mol. The van der Waals surface area contributed by atoms with Crippen LogP contribution in [0, 0.1) is 0 Å². The summed E-state index contributed by atoms with van der Waals surface area (Å²) in [5, 5.41) is 0. The summed E-state index contributed by atoms with van der Waals surface area (Å²) in [6.45, 7) is 4.05. The highest BCUT2D eigenvalue weighted by Crippen LogP contribution is 2.04. The van der Waals surface area contributed by atoms with Crippen molar-refractivity contribution >= 4 is 0 Å². The van der Waals surface area contributed by atoms with Crippen LogP contribution in [-0.4, -0.2) is 31.3 Å². The summed E-state index contributed by atoms with van der Waals surface area (Å²) in [6.07, 6.45) is 2.30. The van der Waals surface area contributed by atoms with Crippen LogP contribution in [-0.2, 0) is 11.2 Å². The first-order valence-electron chi connectivity index (χ1n) is 5.29. The molecule has 1 fully saturated rings. The van der Waals surface area contributed by atoms with E-state index in [1.165, 1.54) is 18.5 Å². The molecule has 0 amide bonds. The molecule has 0 spiro atoms. The first-order valence-corrected chi connectivity index (χ1v) is 5.29. The minimum atomic E-state index is 0.812. The molecule has 0 radical (unpaired) electrons. The van der Waals surface area contributed by atoms with Crippen LogP contribution in [0.2, 0.25) is 0 Å². The summed E-state index contributed by atoms with van der Waals surface area (Å²) in [4.78, 5) is 2.37. The van der Waals surface area contributed by atoms with E-state index in [1.807, 2.05) is 0 Å². The summed E-state index contributed by atoms with van der Waals surface area (Å²) < 4.78 is 5.40. The molecule has 0 aromatic heterocycles. The van der Waals surface area contributed by atoms with E-state index < -0.39 is 0 Å². The third kappa shape index (κ3) is 2.82. The second-order valence-electron chi connectivity index (χ2n) is 3.74. The molecule has 14 heavy (non-hydrogen) atoms. The van der Waals surface area contributed by atoms with Gasteiger partial charge >= 0.3 is 0 Å². The summed E-state index contributed by atoms with van der Waals surface area (Å²) in [5.41, 5.74) is 1.41. The van der Waals surface area contributed by atoms with Crippen molar-refractivity contribution in [3.63, 3.8) is 0 Å². The summed E-state index contributed by atoms with van der Waals surface area (Å²) in [5.74, 6) is 0. The molecule has 1 aliphatic rings. The van der Waals surface area contributed by atoms with Gasteiger partial charge in [0.15, 0.2) is 0 Å². The van der Waals surface area contributed by atoms with Crippen molar-refractivity contribution < 1.29 is 4.74 Å². The molecule has 1 aromatic carbocycles. The Labute approximate surface area is 85.5 Å². The average molecular weight is 191 g/mol. The molecule has 2 nitrogen and oxygen atoms in total. The van der Waals surface area contributed by atoms with Crippen LogP contribution in [0.15, 0.2) is 30.3 Å². The standard InChI is InChI=1S/C12H17NO/c1-2-5-12(6-3-1)7-9-13-8-4-10-14-11-13/h1-3,5-6H,4,7-11H2. The number of rotatable bonds is 3. The second kappa shape index (κ2) is 5.13. The van der Waals surface area contributed by atoms with E-state index in [1.54, 1.807) is 0 Å². The maximum atomic E-state index is 5.40. The molecule has 0 N–H and O–H groups in total. The Morgan fingerprint density at radius 3 is 2.79 bits per heavy atom. The van der Waals surface area contributed by atoms with Crippen molar-refractivity contribution in [3.8, 4) is 0 Å². The molecule has 0 unspecified atom stereocenters. The van der Waals surface area contributed by atoms with Gasteiger partial charge in [-0.25, -0.2) is 0 Å². The third-order valence-electron chi connectivity index (χ3n) is 2.60. The van der Waals surface area contributed by atoms with Crippen LogP contribution in [0.4, 0.5) is 0 Å². The molecule has 1 aliphatic heterocycles. The van der Waals surface area contributed by atoms with Gasteiger partial charge < -0.3 is 4.74 Å². The molecular weight excluding hydrogens is 174 g/mol. The van der Waals surface area contributed by atoms with Gasteiger partial charge in [0.2, 0.25) is 0 Å². The first-order chi connectivity index (χ1) is 6.95. The molecule has 1 saturated heterocycles. The van der Waals surface area contributed by atoms with Crippen molar-refractivity contribution in [2.24, 2.45) is 0 Å². The Morgan fingerprint density at radius 2 is 2.07 bits per heavy atom. The fourth-order valence-electron chi connectivity index (χ4n) is 1.76. The van der Waals surface area contributed by atoms with Crippen molar-refractivity contribution in [2.75, 3.05) is 26.4 Å². The SMILES string of the molecule is c1ccc(CCN2CCCOC2)cc1. The fraction of sp³-hybridized carbons (Fsp3) is 0.500. The van der Waals surface area contributed by atoms with E-state index >= 15 is 0 Å². The minimum absolute atomic E-state index is 0.812. The topological polar surface area (TPSA) is 12.5 Å². The highest BCUT2D eigenvalue weighted by atomic mass is 16.5. The number of hydrogen-bond donors (Lipinski definition) is 0. The number of nitrogens with zero attached hydrogens (tertiary/aromatic N) is 1. The molecule has 1 heterocycles. The molecular formula is C12H17NO. The van der Waals surface area contributed by atoms with Crippen molar-refractivity contribution in [2.45, 2.75) is 12.8 Å². The highest BCUT2D eigenvalue weighted by Gasteiger charge is 2.09. The lowest BCUT2D eigenvalue weighted by Gasteiger charge is -2.26. The lowest BCUT2D eigenvalue weighted by molar-refractivity contribution is -0.0125. The smallest absolute Gasteiger partial charge is 0.0990 e. The Morgan fingerprint density at radius 1 is 1.21 bits per heavy atom. The Bertz CT molecular complexity index is 254. The summed E-state index contributed by atoms with van der Waals surface area (Å²) in [7, 11) is 0. The zero-order chi connectivity index (χ0) is 9.64. The summed E-state index contributed by atoms with van der Waals surface area (Å²) in [6, 6.07) is 10.6. The van der Waals surface area contributed by atoms with Gasteiger partial charge in [0.1, 0.15) is 0 Å². The van der Waals surface area contributed by atoms with Gasteiger partial charge in [-0.3, -0.25) is 4.90 Å². The van der Waals surface area contributed by atoms with Crippen LogP contribution >= 0.6 is 0 Å². The molecule has 2 heteroatoms. The first kappa shape index (κ1) is 9.69. The number of hydrogen-bond acceptors (Lipinski definition) is 2. The largest absolute Gasteiger partial charge is 0.366 e. The minimum Gasteiger partial charge on any atom is -0.366 e. The lowest BCUT2D eigenvalue weighted by Crippen LogP contribution is -2.34. The van der Waals surface area contributed by atoms with Crippen LogP contribution in [0.5, 0.6) is 0 Å². The van der Waals surface area contributed by atoms with E-state index in [0.29, 0.717) is 0 Å². The molecule has 0 saturated carbocycles. The van der Waals surface area contributed by atoms with E-state index in [2.05, 4.69) is 35.2 Å². The molecule has 2 rings (SSSR count). The molecule has 76 valence electrons. The van der Waals surface area contributed by atoms with Crippen molar-refractivity contribution in [1.29, 1.82) is 0 Å². The predicted molar refractivity (Wildman–Crippen MR) is 57.2 cm³/mol. The Balaban J connectivity index is 1.76. The van der Waals surface area contributed by atoms with Crippen LogP contribution in [0.3, 0.4) is 0 Å². The van der Waals surface area contributed by atoms with E-state index in [0.717, 1.165) is 26.3 Å². The lowest BCUT2D eigenvalue weighted by atomic mass is 10.1. The number of ether oxygens (including phenoxy) is 1. The van der Waals surface area contributed by atoms with Crippen LogP contribution < -0.4 is 0 Å². The quantitative estimate of drug-likeness (QED) is 0.723. The zero-order valence-corrected chi connectivity index (χ0v) is 8.48. The maximum absolute atomic E-state index is 5.40. The molecule has 1 aromatic rings. The van der Waals surface area contributed by atoms with Gasteiger partial charge in [-0.1, -0.05) is 30.3 Å². The average Bonchev–Trinajstić information content (AvgIpc) is 2.29. The Kier molecular flexibility index (Phi) is 3.55. The second-order valence-corrected chi connectivity index (χ2v) is 3.74. The zero-order valence-electron chi connectivity index (χ0n) is 8.48. The van der Waals surface area contributed by atoms with Crippen molar-refractivity contribution in [3.05, 3.63) is 35.9 Å². The van der Waals surface area contributed by atoms with E-state index in [4.69, 9.17) is 4.74 Å². The van der Waals surface area contributed by atoms with Gasteiger partial charge in [-0.05, 0) is 18.4 Å². The molecule has 0 aliphatic carbocycles. The normalized spacial score (nSPS) is 18.3. The number of benzene rings is 1. The maximum Gasteiger partial charge on any atom is 0.0990 e. The van der Waals surface area contributed by atoms with Crippen LogP contribution in [0.1, 0.15) is 12.0 Å². The fourth-order valence-corrected chi connectivity index (χ4v) is 1.76. The Hall–Kier alpha value is -0.860. The predicted octanol–water partition coefficient (Wildman–Crippen LogP) is 1.91. The van der Waals surface area contributed by atoms with Gasteiger partial charge in [-0.2, -0.15) is 0 Å². The highest BCUT2D eigenvalue weighted by molar-refractivity contribution is 5.14. The third-order valence-corrected chi connectivity index (χ3v) is 2.60. The van der Waals surface area contributed by atoms with Gasteiger partial charge in [0, 0.05) is 19.7 Å². The van der Waals surface area contributed by atoms with Gasteiger partial charge in [0.05, 0.1) is 6.73 Å². The summed E-state index contributed by atoms with van der Waals surface area (Å²) >= 11 is 0. The van der Waals surface area contributed by atoms with Gasteiger partial charge in [-0.15, -0.1) is 0 Å². The van der Waals surface area contributed by atoms with E-state index in [9.17, 15) is 0 Å². The molecule has 0 atom stereocenters. The van der Waals surface area contributed by atoms with Crippen LogP contribution in [0.25, 0.3) is 0 Å². The van der Waals surface area contributed by atoms with E-state index in [-0.39, 0.29) is 0 Å².